The Morgan fingerprint density at radius 3 is 2.52 bits per heavy atom. The van der Waals surface area contributed by atoms with Crippen molar-refractivity contribution < 1.29 is 9.53 Å². The number of piperazine rings is 1. The average molecular weight is 348 g/mol. The molecule has 2 unspecified atom stereocenters. The molecule has 0 aromatic heterocycles. The molecule has 0 saturated carbocycles. The largest absolute Gasteiger partial charge is 0.481 e. The predicted molar refractivity (Wildman–Crippen MR) is 102 cm³/mol. The van der Waals surface area contributed by atoms with Crippen LogP contribution in [0.2, 0.25) is 0 Å². The Balaban J connectivity index is 1.91. The number of carbonyl (C=O) groups is 1. The first kappa shape index (κ1) is 19.7. The zero-order valence-electron chi connectivity index (χ0n) is 15.9. The normalized spacial score (nSPS) is 18.0. The molecule has 1 heterocycles. The zero-order chi connectivity index (χ0) is 18.2. The maximum absolute atomic E-state index is 12.7. The number of ether oxygens (including phenoxy) is 1. The van der Waals surface area contributed by atoms with Crippen molar-refractivity contribution in [2.24, 2.45) is 5.73 Å². The van der Waals surface area contributed by atoms with Crippen LogP contribution >= 0.6 is 0 Å². The quantitative estimate of drug-likeness (QED) is 0.785. The Kier molecular flexibility index (Phi) is 7.72. The molecular weight excluding hydrogens is 314 g/mol. The van der Waals surface area contributed by atoms with Crippen molar-refractivity contribution in [2.45, 2.75) is 45.6 Å². The first-order valence-electron chi connectivity index (χ1n) is 9.53. The number of para-hydroxylation sites is 1. The Morgan fingerprint density at radius 2 is 1.88 bits per heavy atom. The van der Waals surface area contributed by atoms with Gasteiger partial charge in [0.25, 0.3) is 5.91 Å². The molecule has 1 aliphatic rings. The number of nitrogens with zero attached hydrogens (tertiary/aromatic N) is 2. The molecule has 2 atom stereocenters. The first-order chi connectivity index (χ1) is 12.1. The molecule has 140 valence electrons. The minimum atomic E-state index is -0.458. The lowest BCUT2D eigenvalue weighted by Crippen LogP contribution is -2.52. The molecule has 1 aromatic rings. The summed E-state index contributed by atoms with van der Waals surface area (Å²) in [6.07, 6.45) is 1.61. The Bertz CT molecular complexity index is 541. The fourth-order valence-electron chi connectivity index (χ4n) is 3.22. The lowest BCUT2D eigenvalue weighted by Gasteiger charge is -2.36. The van der Waals surface area contributed by atoms with Crippen LogP contribution in [-0.4, -0.2) is 61.1 Å². The van der Waals surface area contributed by atoms with Gasteiger partial charge in [-0.25, -0.2) is 0 Å². The highest BCUT2D eigenvalue weighted by Gasteiger charge is 2.26. The highest BCUT2D eigenvalue weighted by Crippen LogP contribution is 2.29. The van der Waals surface area contributed by atoms with E-state index in [0.29, 0.717) is 5.92 Å². The van der Waals surface area contributed by atoms with Gasteiger partial charge in [0.05, 0.1) is 0 Å². The molecule has 5 heteroatoms. The molecule has 1 aliphatic heterocycles. The fraction of sp³-hybridized carbons (Fsp3) is 0.650. The molecule has 2 N–H and O–H groups in total. The third kappa shape index (κ3) is 5.44. The van der Waals surface area contributed by atoms with Gasteiger partial charge in [0.15, 0.2) is 6.10 Å². The number of carbonyl (C=O) groups excluding carboxylic acids is 1. The number of nitrogens with two attached hydrogens (primary N) is 1. The van der Waals surface area contributed by atoms with Crippen LogP contribution in [0.3, 0.4) is 0 Å². The molecule has 0 bridgehead atoms. The van der Waals surface area contributed by atoms with E-state index >= 15 is 0 Å². The maximum atomic E-state index is 12.7. The van der Waals surface area contributed by atoms with Crippen molar-refractivity contribution in [1.29, 1.82) is 0 Å². The number of benzene rings is 1. The van der Waals surface area contributed by atoms with Crippen LogP contribution in [0.1, 0.15) is 45.1 Å². The van der Waals surface area contributed by atoms with E-state index in [0.717, 1.165) is 57.9 Å². The molecule has 1 amide bonds. The van der Waals surface area contributed by atoms with Crippen LogP contribution in [0.25, 0.3) is 0 Å². The number of hydrogen-bond acceptors (Lipinski definition) is 4. The van der Waals surface area contributed by atoms with E-state index in [1.807, 2.05) is 30.0 Å². The SMILES string of the molecule is CCC(C)c1ccccc1OC(C)C(=O)N1CCN(CCCN)CC1. The Labute approximate surface area is 152 Å². The maximum Gasteiger partial charge on any atom is 0.263 e. The van der Waals surface area contributed by atoms with Gasteiger partial charge in [-0.05, 0) is 50.4 Å². The lowest BCUT2D eigenvalue weighted by molar-refractivity contribution is -0.139. The van der Waals surface area contributed by atoms with E-state index in [9.17, 15) is 4.79 Å². The second kappa shape index (κ2) is 9.78. The topological polar surface area (TPSA) is 58.8 Å². The number of amides is 1. The van der Waals surface area contributed by atoms with Gasteiger partial charge in [-0.2, -0.15) is 0 Å². The van der Waals surface area contributed by atoms with Gasteiger partial charge in [-0.15, -0.1) is 0 Å². The summed E-state index contributed by atoms with van der Waals surface area (Å²) in [4.78, 5) is 17.0. The van der Waals surface area contributed by atoms with E-state index in [-0.39, 0.29) is 5.91 Å². The van der Waals surface area contributed by atoms with Crippen LogP contribution in [0.4, 0.5) is 0 Å². The van der Waals surface area contributed by atoms with E-state index in [2.05, 4.69) is 24.8 Å². The van der Waals surface area contributed by atoms with Crippen molar-refractivity contribution in [3.05, 3.63) is 29.8 Å². The molecule has 1 saturated heterocycles. The van der Waals surface area contributed by atoms with Crippen LogP contribution < -0.4 is 10.5 Å². The summed E-state index contributed by atoms with van der Waals surface area (Å²) >= 11 is 0. The van der Waals surface area contributed by atoms with Crippen LogP contribution in [0.15, 0.2) is 24.3 Å². The summed E-state index contributed by atoms with van der Waals surface area (Å²) in [6, 6.07) is 8.06. The van der Waals surface area contributed by atoms with Gasteiger partial charge < -0.3 is 15.4 Å². The van der Waals surface area contributed by atoms with Gasteiger partial charge in [-0.1, -0.05) is 32.0 Å². The summed E-state index contributed by atoms with van der Waals surface area (Å²) in [5.41, 5.74) is 6.75. The van der Waals surface area contributed by atoms with Crippen molar-refractivity contribution in [2.75, 3.05) is 39.3 Å². The first-order valence-corrected chi connectivity index (χ1v) is 9.53. The van der Waals surface area contributed by atoms with Crippen molar-refractivity contribution in [1.82, 2.24) is 9.80 Å². The van der Waals surface area contributed by atoms with E-state index < -0.39 is 6.10 Å². The Morgan fingerprint density at radius 1 is 1.20 bits per heavy atom. The second-order valence-electron chi connectivity index (χ2n) is 6.92. The minimum absolute atomic E-state index is 0.0810. The predicted octanol–water partition coefficient (Wildman–Crippen LogP) is 2.46. The lowest BCUT2D eigenvalue weighted by atomic mass is 9.98. The highest BCUT2D eigenvalue weighted by atomic mass is 16.5. The third-order valence-corrected chi connectivity index (χ3v) is 5.08. The molecule has 2 rings (SSSR count). The molecule has 5 nitrogen and oxygen atoms in total. The van der Waals surface area contributed by atoms with Crippen molar-refractivity contribution in [3.63, 3.8) is 0 Å². The number of rotatable bonds is 8. The molecule has 1 aromatic carbocycles. The van der Waals surface area contributed by atoms with Crippen LogP contribution in [0.5, 0.6) is 5.75 Å². The van der Waals surface area contributed by atoms with Crippen molar-refractivity contribution >= 4 is 5.91 Å². The van der Waals surface area contributed by atoms with Crippen LogP contribution in [0, 0.1) is 0 Å². The third-order valence-electron chi connectivity index (χ3n) is 5.08. The van der Waals surface area contributed by atoms with E-state index in [1.165, 1.54) is 5.56 Å². The monoisotopic (exact) mass is 347 g/mol. The average Bonchev–Trinajstić information content (AvgIpc) is 2.66. The minimum Gasteiger partial charge on any atom is -0.481 e. The highest BCUT2D eigenvalue weighted by molar-refractivity contribution is 5.81. The summed E-state index contributed by atoms with van der Waals surface area (Å²) in [6.45, 7) is 11.3. The molecular formula is C20H33N3O2. The molecule has 25 heavy (non-hydrogen) atoms. The van der Waals surface area contributed by atoms with Gasteiger partial charge >= 0.3 is 0 Å². The molecule has 1 fully saturated rings. The molecule has 0 spiro atoms. The summed E-state index contributed by atoms with van der Waals surface area (Å²) in [5, 5.41) is 0. The smallest absolute Gasteiger partial charge is 0.263 e. The van der Waals surface area contributed by atoms with Gasteiger partial charge in [0.1, 0.15) is 5.75 Å². The van der Waals surface area contributed by atoms with Crippen molar-refractivity contribution in [3.8, 4) is 5.75 Å². The summed E-state index contributed by atoms with van der Waals surface area (Å²) in [7, 11) is 0. The fourth-order valence-corrected chi connectivity index (χ4v) is 3.22. The van der Waals surface area contributed by atoms with E-state index in [1.54, 1.807) is 0 Å². The van der Waals surface area contributed by atoms with Crippen LogP contribution in [-0.2, 0) is 4.79 Å². The Hall–Kier alpha value is -1.59. The second-order valence-corrected chi connectivity index (χ2v) is 6.92. The molecule has 0 aliphatic carbocycles. The standard InChI is InChI=1S/C20H33N3O2/c1-4-16(2)18-8-5-6-9-19(18)25-17(3)20(24)23-14-12-22(13-15-23)11-7-10-21/h5-6,8-9,16-17H,4,7,10-15,21H2,1-3H3. The summed E-state index contributed by atoms with van der Waals surface area (Å²) in [5.74, 6) is 1.33. The van der Waals surface area contributed by atoms with Gasteiger partial charge in [0.2, 0.25) is 0 Å². The van der Waals surface area contributed by atoms with E-state index in [4.69, 9.17) is 10.5 Å². The number of hydrogen-bond donors (Lipinski definition) is 1. The van der Waals surface area contributed by atoms with Gasteiger partial charge in [-0.3, -0.25) is 9.69 Å². The zero-order valence-corrected chi connectivity index (χ0v) is 15.9. The molecule has 0 radical (unpaired) electrons. The van der Waals surface area contributed by atoms with Gasteiger partial charge in [0, 0.05) is 26.2 Å². The summed E-state index contributed by atoms with van der Waals surface area (Å²) < 4.78 is 6.05.